The van der Waals surface area contributed by atoms with Crippen LogP contribution in [0.1, 0.15) is 27.8 Å². The Morgan fingerprint density at radius 1 is 1.09 bits per heavy atom. The molecule has 0 spiro atoms. The quantitative estimate of drug-likeness (QED) is 0.473. The zero-order chi connectivity index (χ0) is 24.8. The first-order chi connectivity index (χ1) is 16.9. The molecule has 2 aromatic carbocycles. The lowest BCUT2D eigenvalue weighted by Gasteiger charge is -2.35. The molecular weight excluding hydrogens is 488 g/mol. The summed E-state index contributed by atoms with van der Waals surface area (Å²) in [5, 5.41) is 6.21. The van der Waals surface area contributed by atoms with Gasteiger partial charge in [-0.1, -0.05) is 11.6 Å². The van der Waals surface area contributed by atoms with Crippen molar-refractivity contribution in [1.82, 2.24) is 10.2 Å². The summed E-state index contributed by atoms with van der Waals surface area (Å²) < 4.78 is 10.6. The first-order valence-electron chi connectivity index (χ1n) is 11.2. The van der Waals surface area contributed by atoms with Crippen LogP contribution in [-0.4, -0.2) is 54.6 Å². The monoisotopic (exact) mass is 512 g/mol. The van der Waals surface area contributed by atoms with E-state index >= 15 is 0 Å². The van der Waals surface area contributed by atoms with Gasteiger partial charge < -0.3 is 24.3 Å². The fourth-order valence-electron chi connectivity index (χ4n) is 3.73. The number of carbonyl (C=O) groups excluding carboxylic acids is 2. The number of nitrogens with zero attached hydrogens (tertiary/aromatic N) is 2. The van der Waals surface area contributed by atoms with E-state index in [2.05, 4.69) is 15.5 Å². The van der Waals surface area contributed by atoms with Crippen molar-refractivity contribution in [1.29, 1.82) is 0 Å². The van der Waals surface area contributed by atoms with Crippen LogP contribution in [0.3, 0.4) is 0 Å². The maximum absolute atomic E-state index is 12.5. The Labute approximate surface area is 213 Å². The van der Waals surface area contributed by atoms with Crippen LogP contribution in [0.5, 0.6) is 5.75 Å². The van der Waals surface area contributed by atoms with Gasteiger partial charge in [-0.2, -0.15) is 0 Å². The van der Waals surface area contributed by atoms with Crippen LogP contribution in [0.2, 0.25) is 5.02 Å². The van der Waals surface area contributed by atoms with Crippen molar-refractivity contribution >= 4 is 52.1 Å². The normalized spacial score (nSPS) is 13.3. The molecule has 2 amide bonds. The zero-order valence-electron chi connectivity index (χ0n) is 19.1. The minimum atomic E-state index is -0.369. The molecule has 1 saturated heterocycles. The van der Waals surface area contributed by atoms with Gasteiger partial charge in [0.05, 0.1) is 17.9 Å². The van der Waals surface area contributed by atoms with Crippen molar-refractivity contribution < 1.29 is 18.7 Å². The number of ether oxygens (including phenoxy) is 1. The average molecular weight is 513 g/mol. The molecule has 4 rings (SSSR count). The highest BCUT2D eigenvalue weighted by Gasteiger charge is 2.23. The number of benzene rings is 2. The predicted octanol–water partition coefficient (Wildman–Crippen LogP) is 4.42. The van der Waals surface area contributed by atoms with Gasteiger partial charge in [-0.25, -0.2) is 0 Å². The molecule has 182 valence electrons. The number of amides is 2. The molecule has 8 nitrogen and oxygen atoms in total. The summed E-state index contributed by atoms with van der Waals surface area (Å²) in [7, 11) is 0. The zero-order valence-corrected chi connectivity index (χ0v) is 20.7. The van der Waals surface area contributed by atoms with Crippen LogP contribution in [0.15, 0.2) is 65.3 Å². The van der Waals surface area contributed by atoms with Gasteiger partial charge in [-0.15, -0.1) is 0 Å². The maximum Gasteiger partial charge on any atom is 0.289 e. The second-order valence-corrected chi connectivity index (χ2v) is 8.61. The minimum absolute atomic E-state index is 0.0859. The second-order valence-electron chi connectivity index (χ2n) is 7.79. The van der Waals surface area contributed by atoms with Crippen molar-refractivity contribution in [2.75, 3.05) is 43.0 Å². The van der Waals surface area contributed by atoms with E-state index in [-0.39, 0.29) is 16.9 Å². The summed E-state index contributed by atoms with van der Waals surface area (Å²) >= 11 is 11.4. The van der Waals surface area contributed by atoms with E-state index in [0.717, 1.165) is 24.5 Å². The highest BCUT2D eigenvalue weighted by Crippen LogP contribution is 2.25. The number of thiocarbonyl (C=S) groups is 1. The molecule has 0 unspecified atom stereocenters. The van der Waals surface area contributed by atoms with E-state index < -0.39 is 0 Å². The van der Waals surface area contributed by atoms with Gasteiger partial charge in [-0.05, 0) is 73.7 Å². The number of nitrogens with one attached hydrogen (secondary N) is 2. The number of carbonyl (C=O) groups is 2. The van der Waals surface area contributed by atoms with Gasteiger partial charge in [-0.3, -0.25) is 14.9 Å². The standard InChI is InChI=1S/C25H25ClN4O4S/c1-2-33-21-10-5-17(16-20(21)26)23(31)28-25(35)27-18-6-8-19(9-7-18)29-11-13-30(14-12-29)24(32)22-4-3-15-34-22/h3-10,15-16H,2,11-14H2,1H3,(H2,27,28,31,35). The van der Waals surface area contributed by atoms with Gasteiger partial charge >= 0.3 is 0 Å². The van der Waals surface area contributed by atoms with Crippen molar-refractivity contribution in [3.8, 4) is 5.75 Å². The third-order valence-electron chi connectivity index (χ3n) is 5.51. The van der Waals surface area contributed by atoms with Gasteiger partial charge in [0.15, 0.2) is 10.9 Å². The SMILES string of the molecule is CCOc1ccc(C(=O)NC(=S)Nc2ccc(N3CCN(C(=O)c4ccco4)CC3)cc2)cc1Cl. The molecule has 2 heterocycles. The average Bonchev–Trinajstić information content (AvgIpc) is 3.40. The number of piperazine rings is 1. The molecular formula is C25H25ClN4O4S. The van der Waals surface area contributed by atoms with Crippen LogP contribution >= 0.6 is 23.8 Å². The first-order valence-corrected chi connectivity index (χ1v) is 12.0. The van der Waals surface area contributed by atoms with E-state index in [0.29, 0.717) is 41.8 Å². The smallest absolute Gasteiger partial charge is 0.289 e. The molecule has 1 aromatic heterocycles. The van der Waals surface area contributed by atoms with Gasteiger partial charge in [0, 0.05) is 43.1 Å². The second kappa shape index (κ2) is 11.2. The number of anilines is 2. The molecule has 10 heteroatoms. The lowest BCUT2D eigenvalue weighted by Crippen LogP contribution is -2.48. The molecule has 0 atom stereocenters. The van der Waals surface area contributed by atoms with E-state index in [1.807, 2.05) is 31.2 Å². The van der Waals surface area contributed by atoms with E-state index in [4.69, 9.17) is 33.0 Å². The molecule has 1 aliphatic heterocycles. The number of hydrogen-bond acceptors (Lipinski definition) is 6. The highest BCUT2D eigenvalue weighted by atomic mass is 35.5. The highest BCUT2D eigenvalue weighted by molar-refractivity contribution is 7.80. The van der Waals surface area contributed by atoms with Crippen LogP contribution in [0.25, 0.3) is 0 Å². The molecule has 0 aliphatic carbocycles. The lowest BCUT2D eigenvalue weighted by molar-refractivity contribution is 0.0714. The fraction of sp³-hybridized carbons (Fsp3) is 0.240. The molecule has 0 radical (unpaired) electrons. The molecule has 2 N–H and O–H groups in total. The molecule has 0 saturated carbocycles. The van der Waals surface area contributed by atoms with Crippen LogP contribution in [0.4, 0.5) is 11.4 Å². The Balaban J connectivity index is 1.27. The molecule has 1 aliphatic rings. The van der Waals surface area contributed by atoms with Crippen LogP contribution in [-0.2, 0) is 0 Å². The van der Waals surface area contributed by atoms with Crippen LogP contribution in [0, 0.1) is 0 Å². The number of furan rings is 1. The van der Waals surface area contributed by atoms with Crippen molar-refractivity contribution in [2.24, 2.45) is 0 Å². The summed E-state index contributed by atoms with van der Waals surface area (Å²) in [6, 6.07) is 16.0. The largest absolute Gasteiger partial charge is 0.492 e. The number of halogens is 1. The van der Waals surface area contributed by atoms with Crippen LogP contribution < -0.4 is 20.3 Å². The lowest BCUT2D eigenvalue weighted by atomic mass is 10.2. The first kappa shape index (κ1) is 24.6. The molecule has 1 fully saturated rings. The minimum Gasteiger partial charge on any atom is -0.492 e. The van der Waals surface area contributed by atoms with E-state index in [1.54, 1.807) is 35.2 Å². The number of hydrogen-bond donors (Lipinski definition) is 2. The third-order valence-corrected chi connectivity index (χ3v) is 6.01. The van der Waals surface area contributed by atoms with E-state index in [1.165, 1.54) is 6.26 Å². The maximum atomic E-state index is 12.5. The Bertz CT molecular complexity index is 1190. The summed E-state index contributed by atoms with van der Waals surface area (Å²) in [5.41, 5.74) is 2.16. The van der Waals surface area contributed by atoms with Gasteiger partial charge in [0.2, 0.25) is 0 Å². The van der Waals surface area contributed by atoms with E-state index in [9.17, 15) is 9.59 Å². The predicted molar refractivity (Wildman–Crippen MR) is 140 cm³/mol. The summed E-state index contributed by atoms with van der Waals surface area (Å²) in [6.07, 6.45) is 1.51. The molecule has 35 heavy (non-hydrogen) atoms. The number of rotatable bonds is 6. The van der Waals surface area contributed by atoms with Crippen molar-refractivity contribution in [3.63, 3.8) is 0 Å². The van der Waals surface area contributed by atoms with Gasteiger partial charge in [0.25, 0.3) is 11.8 Å². The Morgan fingerprint density at radius 2 is 1.83 bits per heavy atom. The van der Waals surface area contributed by atoms with Crippen molar-refractivity contribution in [3.05, 3.63) is 77.2 Å². The Hall–Kier alpha value is -3.56. The summed E-state index contributed by atoms with van der Waals surface area (Å²) in [4.78, 5) is 28.9. The summed E-state index contributed by atoms with van der Waals surface area (Å²) in [6.45, 7) is 5.02. The Morgan fingerprint density at radius 3 is 2.46 bits per heavy atom. The topological polar surface area (TPSA) is 87.0 Å². The van der Waals surface area contributed by atoms with Crippen molar-refractivity contribution in [2.45, 2.75) is 6.92 Å². The molecule has 0 bridgehead atoms. The summed E-state index contributed by atoms with van der Waals surface area (Å²) in [5.74, 6) is 0.433. The fourth-order valence-corrected chi connectivity index (χ4v) is 4.18. The molecule has 3 aromatic rings. The van der Waals surface area contributed by atoms with Gasteiger partial charge in [0.1, 0.15) is 5.75 Å². The third kappa shape index (κ3) is 6.12. The Kier molecular flexibility index (Phi) is 7.89.